The van der Waals surface area contributed by atoms with Gasteiger partial charge in [-0.1, -0.05) is 6.07 Å². The van der Waals surface area contributed by atoms with Crippen LogP contribution in [-0.2, 0) is 6.54 Å². The highest BCUT2D eigenvalue weighted by molar-refractivity contribution is 5.85. The zero-order valence-corrected chi connectivity index (χ0v) is 13.2. The number of anilines is 1. The van der Waals surface area contributed by atoms with E-state index in [9.17, 15) is 9.18 Å². The average Bonchev–Trinajstić information content (AvgIpc) is 3.06. The molecule has 1 aliphatic rings. The third-order valence-corrected chi connectivity index (χ3v) is 3.98. The maximum atomic E-state index is 13.7. The number of aromatic nitrogens is 1. The van der Waals surface area contributed by atoms with Crippen LogP contribution < -0.4 is 9.64 Å². The van der Waals surface area contributed by atoms with Crippen molar-refractivity contribution in [2.45, 2.75) is 6.54 Å². The fraction of sp³-hybridized carbons (Fsp3) is 0.375. The third-order valence-electron chi connectivity index (χ3n) is 3.98. The second kappa shape index (κ2) is 6.88. The lowest BCUT2D eigenvalue weighted by Crippen LogP contribution is -2.46. The Bertz CT molecular complexity index is 726. The van der Waals surface area contributed by atoms with Gasteiger partial charge < -0.3 is 19.2 Å². The van der Waals surface area contributed by atoms with Gasteiger partial charge in [0.15, 0.2) is 17.3 Å². The number of hydrogen-bond donors (Lipinski definition) is 1. The fourth-order valence-electron chi connectivity index (χ4n) is 2.67. The van der Waals surface area contributed by atoms with Crippen LogP contribution in [0.1, 0.15) is 16.1 Å². The SMILES string of the molecule is COc1ccc(CN2CCN(c3nc(C(=O)O)co3)CC2)cc1F. The first-order chi connectivity index (χ1) is 11.6. The number of rotatable bonds is 5. The van der Waals surface area contributed by atoms with E-state index >= 15 is 0 Å². The molecule has 0 atom stereocenters. The molecule has 1 aromatic carbocycles. The predicted molar refractivity (Wildman–Crippen MR) is 83.9 cm³/mol. The molecule has 1 fully saturated rings. The molecule has 128 valence electrons. The first-order valence-corrected chi connectivity index (χ1v) is 7.55. The van der Waals surface area contributed by atoms with Gasteiger partial charge in [0.05, 0.1) is 7.11 Å². The molecule has 0 amide bonds. The summed E-state index contributed by atoms with van der Waals surface area (Å²) in [4.78, 5) is 18.9. The summed E-state index contributed by atoms with van der Waals surface area (Å²) in [6.07, 6.45) is 1.14. The second-order valence-corrected chi connectivity index (χ2v) is 5.55. The molecule has 1 saturated heterocycles. The van der Waals surface area contributed by atoms with Gasteiger partial charge in [-0.15, -0.1) is 0 Å². The molecule has 0 saturated carbocycles. The molecular formula is C16H18FN3O4. The number of carboxylic acids is 1. The standard InChI is InChI=1S/C16H18FN3O4/c1-23-14-3-2-11(8-12(14)17)9-19-4-6-20(7-5-19)16-18-13(10-24-16)15(21)22/h2-3,8,10H,4-7,9H2,1H3,(H,21,22). The van der Waals surface area contributed by atoms with Gasteiger partial charge in [0, 0.05) is 32.7 Å². The zero-order valence-electron chi connectivity index (χ0n) is 13.2. The molecule has 2 aromatic rings. The Balaban J connectivity index is 1.56. The number of piperazine rings is 1. The van der Waals surface area contributed by atoms with Crippen molar-refractivity contribution in [1.29, 1.82) is 0 Å². The molecule has 24 heavy (non-hydrogen) atoms. The van der Waals surface area contributed by atoms with Gasteiger partial charge in [0.1, 0.15) is 6.26 Å². The lowest BCUT2D eigenvalue weighted by molar-refractivity contribution is 0.0690. The van der Waals surface area contributed by atoms with E-state index in [1.54, 1.807) is 6.07 Å². The Labute approximate surface area is 138 Å². The molecule has 3 rings (SSSR count). The van der Waals surface area contributed by atoms with Crippen molar-refractivity contribution < 1.29 is 23.4 Å². The van der Waals surface area contributed by atoms with Crippen LogP contribution in [0.3, 0.4) is 0 Å². The van der Waals surface area contributed by atoms with E-state index in [1.165, 1.54) is 13.2 Å². The number of hydrogen-bond acceptors (Lipinski definition) is 6. The molecule has 2 heterocycles. The van der Waals surface area contributed by atoms with Crippen LogP contribution in [-0.4, -0.2) is 54.2 Å². The number of oxazole rings is 1. The summed E-state index contributed by atoms with van der Waals surface area (Å²) in [6, 6.07) is 5.28. The van der Waals surface area contributed by atoms with E-state index < -0.39 is 5.97 Å². The monoisotopic (exact) mass is 335 g/mol. The summed E-state index contributed by atoms with van der Waals surface area (Å²) >= 11 is 0. The topological polar surface area (TPSA) is 79.0 Å². The van der Waals surface area contributed by atoms with Crippen LogP contribution in [0.2, 0.25) is 0 Å². The minimum atomic E-state index is -1.11. The largest absolute Gasteiger partial charge is 0.494 e. The summed E-state index contributed by atoms with van der Waals surface area (Å²) < 4.78 is 23.9. The minimum absolute atomic E-state index is 0.0962. The molecule has 8 heteroatoms. The predicted octanol–water partition coefficient (Wildman–Crippen LogP) is 1.84. The molecule has 1 aromatic heterocycles. The van der Waals surface area contributed by atoms with Crippen molar-refractivity contribution in [3.8, 4) is 5.75 Å². The van der Waals surface area contributed by atoms with Crippen molar-refractivity contribution in [3.63, 3.8) is 0 Å². The number of carboxylic acid groups (broad SMARTS) is 1. The van der Waals surface area contributed by atoms with E-state index in [1.807, 2.05) is 11.0 Å². The molecule has 7 nitrogen and oxygen atoms in total. The number of benzene rings is 1. The first-order valence-electron chi connectivity index (χ1n) is 7.55. The van der Waals surface area contributed by atoms with E-state index in [0.717, 1.165) is 24.9 Å². The van der Waals surface area contributed by atoms with Crippen molar-refractivity contribution in [2.75, 3.05) is 38.2 Å². The Morgan fingerprint density at radius 2 is 2.12 bits per heavy atom. The maximum absolute atomic E-state index is 13.7. The van der Waals surface area contributed by atoms with Crippen LogP contribution in [0.25, 0.3) is 0 Å². The molecule has 1 aliphatic heterocycles. The third kappa shape index (κ3) is 3.48. The summed E-state index contributed by atoms with van der Waals surface area (Å²) in [5, 5.41) is 8.87. The van der Waals surface area contributed by atoms with E-state index in [4.69, 9.17) is 14.3 Å². The molecule has 0 bridgehead atoms. The number of carbonyl (C=O) groups is 1. The molecule has 1 N–H and O–H groups in total. The van der Waals surface area contributed by atoms with Gasteiger partial charge in [-0.05, 0) is 17.7 Å². The van der Waals surface area contributed by atoms with Crippen LogP contribution in [0.5, 0.6) is 5.75 Å². The number of halogens is 1. The van der Waals surface area contributed by atoms with Crippen LogP contribution in [0.15, 0.2) is 28.9 Å². The van der Waals surface area contributed by atoms with E-state index in [0.29, 0.717) is 25.6 Å². The second-order valence-electron chi connectivity index (χ2n) is 5.55. The quantitative estimate of drug-likeness (QED) is 0.893. The Kier molecular flexibility index (Phi) is 4.66. The molecule has 0 unspecified atom stereocenters. The number of nitrogens with zero attached hydrogens (tertiary/aromatic N) is 3. The van der Waals surface area contributed by atoms with Crippen LogP contribution >= 0.6 is 0 Å². The number of aromatic carboxylic acids is 1. The zero-order chi connectivity index (χ0) is 17.1. The highest BCUT2D eigenvalue weighted by Gasteiger charge is 2.22. The normalized spacial score (nSPS) is 15.5. The smallest absolute Gasteiger partial charge is 0.357 e. The summed E-state index contributed by atoms with van der Waals surface area (Å²) in [5.41, 5.74) is 0.784. The number of ether oxygens (including phenoxy) is 1. The Hall–Kier alpha value is -2.61. The minimum Gasteiger partial charge on any atom is -0.494 e. The number of methoxy groups -OCH3 is 1. The first kappa shape index (κ1) is 16.3. The van der Waals surface area contributed by atoms with Gasteiger partial charge >= 0.3 is 5.97 Å². The lowest BCUT2D eigenvalue weighted by atomic mass is 10.2. The van der Waals surface area contributed by atoms with Crippen molar-refractivity contribution >= 4 is 12.0 Å². The Morgan fingerprint density at radius 1 is 1.38 bits per heavy atom. The van der Waals surface area contributed by atoms with Gasteiger partial charge in [0.2, 0.25) is 0 Å². The van der Waals surface area contributed by atoms with Gasteiger partial charge in [-0.25, -0.2) is 9.18 Å². The Morgan fingerprint density at radius 3 is 2.71 bits per heavy atom. The van der Waals surface area contributed by atoms with Crippen molar-refractivity contribution in [1.82, 2.24) is 9.88 Å². The highest BCUT2D eigenvalue weighted by atomic mass is 19.1. The fourth-order valence-corrected chi connectivity index (χ4v) is 2.67. The summed E-state index contributed by atoms with van der Waals surface area (Å²) in [5.74, 6) is -1.23. The molecule has 0 aliphatic carbocycles. The lowest BCUT2D eigenvalue weighted by Gasteiger charge is -2.33. The summed E-state index contributed by atoms with van der Waals surface area (Å²) in [6.45, 7) is 3.47. The van der Waals surface area contributed by atoms with Crippen LogP contribution in [0.4, 0.5) is 10.4 Å². The highest BCUT2D eigenvalue weighted by Crippen LogP contribution is 2.20. The van der Waals surface area contributed by atoms with Crippen LogP contribution in [0, 0.1) is 5.82 Å². The van der Waals surface area contributed by atoms with E-state index in [2.05, 4.69) is 9.88 Å². The molecular weight excluding hydrogens is 317 g/mol. The van der Waals surface area contributed by atoms with E-state index in [-0.39, 0.29) is 17.3 Å². The van der Waals surface area contributed by atoms with Gasteiger partial charge in [-0.2, -0.15) is 4.98 Å². The molecule has 0 radical (unpaired) electrons. The van der Waals surface area contributed by atoms with Crippen molar-refractivity contribution in [3.05, 3.63) is 41.5 Å². The van der Waals surface area contributed by atoms with Crippen molar-refractivity contribution in [2.24, 2.45) is 0 Å². The van der Waals surface area contributed by atoms with Gasteiger partial charge in [0.25, 0.3) is 6.01 Å². The molecule has 0 spiro atoms. The summed E-state index contributed by atoms with van der Waals surface area (Å²) in [7, 11) is 1.44. The maximum Gasteiger partial charge on any atom is 0.357 e. The van der Waals surface area contributed by atoms with Gasteiger partial charge in [-0.3, -0.25) is 4.90 Å². The average molecular weight is 335 g/mol.